The second-order valence-corrected chi connectivity index (χ2v) is 3.82. The standard InChI is InChI=1S/C11H10ClN3O/c1-7-6-8(12)2-3-9(7)11(16)14-10-4-5-13-15-10/h2-6H,1H3,(H2,13,14,15,16). The number of anilines is 1. The van der Waals surface area contributed by atoms with Crippen LogP contribution in [-0.4, -0.2) is 16.1 Å². The largest absolute Gasteiger partial charge is 0.307 e. The van der Waals surface area contributed by atoms with Crippen LogP contribution in [0, 0.1) is 6.92 Å². The summed E-state index contributed by atoms with van der Waals surface area (Å²) in [7, 11) is 0. The minimum absolute atomic E-state index is 0.182. The second-order valence-electron chi connectivity index (χ2n) is 3.38. The van der Waals surface area contributed by atoms with Crippen LogP contribution in [0.15, 0.2) is 30.5 Å². The number of aromatic amines is 1. The molecule has 0 aliphatic rings. The summed E-state index contributed by atoms with van der Waals surface area (Å²) in [5.41, 5.74) is 1.43. The minimum Gasteiger partial charge on any atom is -0.307 e. The Kier molecular flexibility index (Phi) is 2.92. The molecule has 0 bridgehead atoms. The Morgan fingerprint density at radius 1 is 1.44 bits per heavy atom. The number of hydrogen-bond donors (Lipinski definition) is 2. The van der Waals surface area contributed by atoms with E-state index in [0.29, 0.717) is 16.4 Å². The summed E-state index contributed by atoms with van der Waals surface area (Å²) in [5.74, 6) is 0.387. The zero-order valence-corrected chi connectivity index (χ0v) is 9.38. The SMILES string of the molecule is Cc1cc(Cl)ccc1C(=O)Nc1ccn[nH]1. The van der Waals surface area contributed by atoms with Crippen LogP contribution in [0.3, 0.4) is 0 Å². The van der Waals surface area contributed by atoms with Gasteiger partial charge in [0, 0.05) is 16.7 Å². The Balaban J connectivity index is 2.21. The summed E-state index contributed by atoms with van der Waals surface area (Å²) in [6, 6.07) is 6.83. The Bertz CT molecular complexity index is 508. The molecule has 1 aromatic carbocycles. The molecule has 5 heteroatoms. The quantitative estimate of drug-likeness (QED) is 0.841. The molecule has 2 aromatic rings. The van der Waals surface area contributed by atoms with Gasteiger partial charge in [0.25, 0.3) is 5.91 Å². The molecule has 0 radical (unpaired) electrons. The Morgan fingerprint density at radius 3 is 2.88 bits per heavy atom. The lowest BCUT2D eigenvalue weighted by Gasteiger charge is -2.05. The molecular formula is C11H10ClN3O. The molecular weight excluding hydrogens is 226 g/mol. The third-order valence-electron chi connectivity index (χ3n) is 2.18. The zero-order valence-electron chi connectivity index (χ0n) is 8.62. The first-order chi connectivity index (χ1) is 7.66. The predicted molar refractivity (Wildman–Crippen MR) is 62.7 cm³/mol. The molecule has 16 heavy (non-hydrogen) atoms. The lowest BCUT2D eigenvalue weighted by atomic mass is 10.1. The van der Waals surface area contributed by atoms with Gasteiger partial charge in [-0.1, -0.05) is 11.6 Å². The van der Waals surface area contributed by atoms with Crippen LogP contribution in [0.25, 0.3) is 0 Å². The highest BCUT2D eigenvalue weighted by atomic mass is 35.5. The lowest BCUT2D eigenvalue weighted by Crippen LogP contribution is -2.13. The molecule has 82 valence electrons. The van der Waals surface area contributed by atoms with Crippen molar-refractivity contribution >= 4 is 23.3 Å². The van der Waals surface area contributed by atoms with Gasteiger partial charge in [-0.05, 0) is 30.7 Å². The lowest BCUT2D eigenvalue weighted by molar-refractivity contribution is 0.102. The summed E-state index contributed by atoms with van der Waals surface area (Å²) in [6.45, 7) is 1.84. The van der Waals surface area contributed by atoms with Gasteiger partial charge in [0.1, 0.15) is 5.82 Å². The van der Waals surface area contributed by atoms with E-state index in [2.05, 4.69) is 15.5 Å². The van der Waals surface area contributed by atoms with Crippen LogP contribution in [0.2, 0.25) is 5.02 Å². The van der Waals surface area contributed by atoms with Crippen molar-refractivity contribution in [2.45, 2.75) is 6.92 Å². The highest BCUT2D eigenvalue weighted by Crippen LogP contribution is 2.16. The molecule has 0 saturated heterocycles. The average Bonchev–Trinajstić information content (AvgIpc) is 2.70. The molecule has 0 atom stereocenters. The van der Waals surface area contributed by atoms with Gasteiger partial charge < -0.3 is 5.32 Å². The Morgan fingerprint density at radius 2 is 2.25 bits per heavy atom. The third kappa shape index (κ3) is 2.23. The number of carbonyl (C=O) groups is 1. The number of rotatable bonds is 2. The van der Waals surface area contributed by atoms with Crippen LogP contribution < -0.4 is 5.32 Å². The maximum Gasteiger partial charge on any atom is 0.257 e. The van der Waals surface area contributed by atoms with Crippen LogP contribution in [-0.2, 0) is 0 Å². The van der Waals surface area contributed by atoms with Gasteiger partial charge in [-0.25, -0.2) is 0 Å². The normalized spacial score (nSPS) is 10.1. The maximum atomic E-state index is 11.8. The van der Waals surface area contributed by atoms with E-state index in [4.69, 9.17) is 11.6 Å². The Hall–Kier alpha value is -1.81. The first-order valence-corrected chi connectivity index (χ1v) is 5.11. The molecule has 1 heterocycles. The number of nitrogens with one attached hydrogen (secondary N) is 2. The van der Waals surface area contributed by atoms with E-state index in [1.54, 1.807) is 30.5 Å². The van der Waals surface area contributed by atoms with Crippen LogP contribution >= 0.6 is 11.6 Å². The van der Waals surface area contributed by atoms with E-state index in [-0.39, 0.29) is 5.91 Å². The van der Waals surface area contributed by atoms with E-state index in [1.807, 2.05) is 6.92 Å². The molecule has 1 amide bonds. The molecule has 2 N–H and O–H groups in total. The molecule has 4 nitrogen and oxygen atoms in total. The van der Waals surface area contributed by atoms with Gasteiger partial charge in [-0.3, -0.25) is 9.89 Å². The molecule has 0 unspecified atom stereocenters. The van der Waals surface area contributed by atoms with Gasteiger partial charge in [0.15, 0.2) is 0 Å². The van der Waals surface area contributed by atoms with Crippen molar-refractivity contribution in [1.29, 1.82) is 0 Å². The first kappa shape index (κ1) is 10.7. The van der Waals surface area contributed by atoms with Crippen molar-refractivity contribution < 1.29 is 4.79 Å². The van der Waals surface area contributed by atoms with Gasteiger partial charge in [0.05, 0.1) is 6.20 Å². The number of hydrogen-bond acceptors (Lipinski definition) is 2. The molecule has 0 aliphatic heterocycles. The van der Waals surface area contributed by atoms with E-state index < -0.39 is 0 Å². The smallest absolute Gasteiger partial charge is 0.257 e. The topological polar surface area (TPSA) is 57.8 Å². The number of aromatic nitrogens is 2. The summed E-state index contributed by atoms with van der Waals surface area (Å²) in [5, 5.41) is 9.72. The molecule has 2 rings (SSSR count). The molecule has 0 spiro atoms. The molecule has 0 fully saturated rings. The minimum atomic E-state index is -0.182. The van der Waals surface area contributed by atoms with Gasteiger partial charge >= 0.3 is 0 Å². The van der Waals surface area contributed by atoms with Crippen molar-refractivity contribution in [2.24, 2.45) is 0 Å². The van der Waals surface area contributed by atoms with E-state index >= 15 is 0 Å². The number of halogens is 1. The van der Waals surface area contributed by atoms with Crippen molar-refractivity contribution in [3.8, 4) is 0 Å². The number of H-pyrrole nitrogens is 1. The van der Waals surface area contributed by atoms with E-state index in [1.165, 1.54) is 0 Å². The van der Waals surface area contributed by atoms with Crippen LogP contribution in [0.4, 0.5) is 5.82 Å². The summed E-state index contributed by atoms with van der Waals surface area (Å²) in [6.07, 6.45) is 1.57. The summed E-state index contributed by atoms with van der Waals surface area (Å²) < 4.78 is 0. The van der Waals surface area contributed by atoms with Crippen LogP contribution in [0.5, 0.6) is 0 Å². The highest BCUT2D eigenvalue weighted by molar-refractivity contribution is 6.30. The molecule has 0 saturated carbocycles. The fraction of sp³-hybridized carbons (Fsp3) is 0.0909. The summed E-state index contributed by atoms with van der Waals surface area (Å²) >= 11 is 5.82. The van der Waals surface area contributed by atoms with E-state index in [0.717, 1.165) is 5.56 Å². The number of benzene rings is 1. The van der Waals surface area contributed by atoms with E-state index in [9.17, 15) is 4.79 Å². The number of aryl methyl sites for hydroxylation is 1. The number of carbonyl (C=O) groups excluding carboxylic acids is 1. The van der Waals surface area contributed by atoms with Gasteiger partial charge in [0.2, 0.25) is 0 Å². The Labute approximate surface area is 97.6 Å². The molecule has 0 aliphatic carbocycles. The first-order valence-electron chi connectivity index (χ1n) is 4.73. The van der Waals surface area contributed by atoms with Gasteiger partial charge in [-0.15, -0.1) is 0 Å². The second kappa shape index (κ2) is 4.37. The predicted octanol–water partition coefficient (Wildman–Crippen LogP) is 2.62. The fourth-order valence-corrected chi connectivity index (χ4v) is 1.62. The monoisotopic (exact) mass is 235 g/mol. The van der Waals surface area contributed by atoms with Crippen molar-refractivity contribution in [2.75, 3.05) is 5.32 Å². The fourth-order valence-electron chi connectivity index (χ4n) is 1.40. The maximum absolute atomic E-state index is 11.8. The summed E-state index contributed by atoms with van der Waals surface area (Å²) in [4.78, 5) is 11.8. The van der Waals surface area contributed by atoms with Crippen molar-refractivity contribution in [3.63, 3.8) is 0 Å². The average molecular weight is 236 g/mol. The zero-order chi connectivity index (χ0) is 11.5. The number of amides is 1. The molecule has 1 aromatic heterocycles. The van der Waals surface area contributed by atoms with Gasteiger partial charge in [-0.2, -0.15) is 5.10 Å². The van der Waals surface area contributed by atoms with Crippen molar-refractivity contribution in [3.05, 3.63) is 46.6 Å². The van der Waals surface area contributed by atoms with Crippen LogP contribution in [0.1, 0.15) is 15.9 Å². The van der Waals surface area contributed by atoms with Crippen molar-refractivity contribution in [1.82, 2.24) is 10.2 Å². The number of nitrogens with zero attached hydrogens (tertiary/aromatic N) is 1. The highest BCUT2D eigenvalue weighted by Gasteiger charge is 2.09. The third-order valence-corrected chi connectivity index (χ3v) is 2.42.